The Morgan fingerprint density at radius 3 is 2.42 bits per heavy atom. The number of nitrogens with zero attached hydrogens (tertiary/aromatic N) is 3. The minimum absolute atomic E-state index is 0.232. The molecule has 0 N–H and O–H groups in total. The van der Waals surface area contributed by atoms with Crippen LogP contribution >= 0.6 is 31.9 Å². The van der Waals surface area contributed by atoms with Crippen LogP contribution in [0.1, 0.15) is 5.56 Å². The Bertz CT molecular complexity index is 1330. The molecular weight excluding hydrogens is 522 g/mol. The molecule has 31 heavy (non-hydrogen) atoms. The monoisotopic (exact) mass is 537 g/mol. The SMILES string of the molecule is C=CCOc1c(Br)cc(C=Nn2c(-c3ccccc3)nc3ccccc3c2=O)cc1Br. The summed E-state index contributed by atoms with van der Waals surface area (Å²) >= 11 is 7.04. The van der Waals surface area contributed by atoms with E-state index in [1.165, 1.54) is 4.68 Å². The van der Waals surface area contributed by atoms with Gasteiger partial charge in [-0.05, 0) is 61.7 Å². The van der Waals surface area contributed by atoms with Gasteiger partial charge in [-0.15, -0.1) is 0 Å². The number of hydrogen-bond donors (Lipinski definition) is 0. The molecule has 4 rings (SSSR count). The van der Waals surface area contributed by atoms with Crippen molar-refractivity contribution in [3.05, 3.63) is 104 Å². The number of hydrogen-bond acceptors (Lipinski definition) is 4. The van der Waals surface area contributed by atoms with E-state index in [-0.39, 0.29) is 5.56 Å². The zero-order valence-corrected chi connectivity index (χ0v) is 19.5. The van der Waals surface area contributed by atoms with Gasteiger partial charge < -0.3 is 4.74 Å². The highest BCUT2D eigenvalue weighted by Crippen LogP contribution is 2.34. The first-order valence-corrected chi connectivity index (χ1v) is 11.0. The largest absolute Gasteiger partial charge is 0.487 e. The number of benzene rings is 3. The summed E-state index contributed by atoms with van der Waals surface area (Å²) in [5, 5.41) is 5.00. The molecule has 154 valence electrons. The van der Waals surface area contributed by atoms with E-state index >= 15 is 0 Å². The van der Waals surface area contributed by atoms with Crippen molar-refractivity contribution in [1.82, 2.24) is 9.66 Å². The minimum Gasteiger partial charge on any atom is -0.487 e. The zero-order chi connectivity index (χ0) is 21.8. The van der Waals surface area contributed by atoms with Crippen molar-refractivity contribution in [2.24, 2.45) is 5.10 Å². The molecule has 4 aromatic rings. The van der Waals surface area contributed by atoms with Gasteiger partial charge in [0.1, 0.15) is 12.4 Å². The second-order valence-corrected chi connectivity index (χ2v) is 8.30. The van der Waals surface area contributed by atoms with E-state index < -0.39 is 0 Å². The summed E-state index contributed by atoms with van der Waals surface area (Å²) in [6, 6.07) is 20.5. The summed E-state index contributed by atoms with van der Waals surface area (Å²) in [5.74, 6) is 1.15. The number of para-hydroxylation sites is 1. The standard InChI is InChI=1S/C24H17Br2N3O2/c1-2-12-31-22-19(25)13-16(14-20(22)26)15-27-29-23(17-8-4-3-5-9-17)28-21-11-7-6-10-18(21)24(29)30/h2-11,13-15H,1,12H2. The summed E-state index contributed by atoms with van der Waals surface area (Å²) in [5.41, 5.74) is 1.98. The number of ether oxygens (including phenoxy) is 1. The maximum atomic E-state index is 13.2. The Kier molecular flexibility index (Phi) is 6.44. The molecule has 3 aromatic carbocycles. The van der Waals surface area contributed by atoms with Crippen LogP contribution in [0.4, 0.5) is 0 Å². The first-order valence-electron chi connectivity index (χ1n) is 9.43. The van der Waals surface area contributed by atoms with E-state index in [4.69, 9.17) is 9.72 Å². The highest BCUT2D eigenvalue weighted by atomic mass is 79.9. The lowest BCUT2D eigenvalue weighted by molar-refractivity contribution is 0.358. The van der Waals surface area contributed by atoms with E-state index in [1.54, 1.807) is 18.4 Å². The van der Waals surface area contributed by atoms with Gasteiger partial charge in [0.05, 0.1) is 26.1 Å². The molecule has 0 saturated carbocycles. The molecular formula is C24H17Br2N3O2. The minimum atomic E-state index is -0.232. The van der Waals surface area contributed by atoms with Crippen LogP contribution in [-0.4, -0.2) is 22.5 Å². The summed E-state index contributed by atoms with van der Waals surface area (Å²) < 4.78 is 8.52. The average Bonchev–Trinajstić information content (AvgIpc) is 2.78. The number of aromatic nitrogens is 2. The van der Waals surface area contributed by atoms with Gasteiger partial charge in [0.25, 0.3) is 5.56 Å². The lowest BCUT2D eigenvalue weighted by atomic mass is 10.2. The zero-order valence-electron chi connectivity index (χ0n) is 16.3. The third kappa shape index (κ3) is 4.52. The van der Waals surface area contributed by atoms with Crippen molar-refractivity contribution >= 4 is 49.0 Å². The van der Waals surface area contributed by atoms with Crippen molar-refractivity contribution in [2.75, 3.05) is 6.61 Å². The van der Waals surface area contributed by atoms with Crippen molar-refractivity contribution in [1.29, 1.82) is 0 Å². The molecule has 0 aliphatic heterocycles. The van der Waals surface area contributed by atoms with Crippen molar-refractivity contribution in [3.63, 3.8) is 0 Å². The van der Waals surface area contributed by atoms with Crippen LogP contribution in [0.3, 0.4) is 0 Å². The summed E-state index contributed by atoms with van der Waals surface area (Å²) in [6.45, 7) is 4.06. The fourth-order valence-corrected chi connectivity index (χ4v) is 4.51. The Hall–Kier alpha value is -3.03. The molecule has 0 saturated heterocycles. The third-order valence-corrected chi connectivity index (χ3v) is 5.65. The van der Waals surface area contributed by atoms with E-state index in [0.29, 0.717) is 29.1 Å². The van der Waals surface area contributed by atoms with Gasteiger partial charge in [-0.3, -0.25) is 4.79 Å². The lowest BCUT2D eigenvalue weighted by Crippen LogP contribution is -2.20. The molecule has 0 spiro atoms. The van der Waals surface area contributed by atoms with Gasteiger partial charge in [0.15, 0.2) is 5.82 Å². The van der Waals surface area contributed by atoms with Crippen LogP contribution in [0.25, 0.3) is 22.3 Å². The second kappa shape index (κ2) is 9.41. The Balaban J connectivity index is 1.83. The van der Waals surface area contributed by atoms with Crippen molar-refractivity contribution in [2.45, 2.75) is 0 Å². The maximum absolute atomic E-state index is 13.2. The fraction of sp³-hybridized carbons (Fsp3) is 0.0417. The molecule has 0 radical (unpaired) electrons. The molecule has 0 atom stereocenters. The maximum Gasteiger partial charge on any atom is 0.282 e. The number of halogens is 2. The van der Waals surface area contributed by atoms with Crippen molar-refractivity contribution < 1.29 is 4.74 Å². The Morgan fingerprint density at radius 2 is 1.71 bits per heavy atom. The number of rotatable bonds is 6. The fourth-order valence-electron chi connectivity index (χ4n) is 3.06. The lowest BCUT2D eigenvalue weighted by Gasteiger charge is -2.11. The van der Waals surface area contributed by atoms with Gasteiger partial charge in [0, 0.05) is 5.56 Å². The molecule has 0 unspecified atom stereocenters. The van der Waals surface area contributed by atoms with Crippen LogP contribution in [-0.2, 0) is 0 Å². The average molecular weight is 539 g/mol. The van der Waals surface area contributed by atoms with Crippen LogP contribution in [0, 0.1) is 0 Å². The third-order valence-electron chi connectivity index (χ3n) is 4.47. The van der Waals surface area contributed by atoms with Crippen LogP contribution in [0.5, 0.6) is 5.75 Å². The van der Waals surface area contributed by atoms with E-state index in [2.05, 4.69) is 43.5 Å². The highest BCUT2D eigenvalue weighted by molar-refractivity contribution is 9.11. The molecule has 1 heterocycles. The molecule has 0 aliphatic rings. The second-order valence-electron chi connectivity index (χ2n) is 6.59. The molecule has 0 fully saturated rings. The van der Waals surface area contributed by atoms with Gasteiger partial charge in [-0.25, -0.2) is 4.98 Å². The Labute approximate surface area is 196 Å². The van der Waals surface area contributed by atoms with Gasteiger partial charge in [0.2, 0.25) is 0 Å². The number of fused-ring (bicyclic) bond motifs is 1. The molecule has 1 aromatic heterocycles. The molecule has 7 heteroatoms. The van der Waals surface area contributed by atoms with E-state index in [1.807, 2.05) is 60.7 Å². The predicted molar refractivity (Wildman–Crippen MR) is 132 cm³/mol. The van der Waals surface area contributed by atoms with Crippen LogP contribution in [0.2, 0.25) is 0 Å². The summed E-state index contributed by atoms with van der Waals surface area (Å²) in [6.07, 6.45) is 3.30. The van der Waals surface area contributed by atoms with Gasteiger partial charge >= 0.3 is 0 Å². The molecule has 0 bridgehead atoms. The van der Waals surface area contributed by atoms with E-state index in [9.17, 15) is 4.79 Å². The Morgan fingerprint density at radius 1 is 1.03 bits per heavy atom. The molecule has 5 nitrogen and oxygen atoms in total. The smallest absolute Gasteiger partial charge is 0.282 e. The van der Waals surface area contributed by atoms with Crippen LogP contribution < -0.4 is 10.3 Å². The predicted octanol–water partition coefficient (Wildman–Crippen LogP) is 6.04. The quantitative estimate of drug-likeness (QED) is 0.222. The first-order chi connectivity index (χ1) is 15.1. The molecule has 0 amide bonds. The highest BCUT2D eigenvalue weighted by Gasteiger charge is 2.12. The topological polar surface area (TPSA) is 56.5 Å². The summed E-state index contributed by atoms with van der Waals surface area (Å²) in [7, 11) is 0. The van der Waals surface area contributed by atoms with Crippen LogP contribution in [0.15, 0.2) is 98.2 Å². The first kappa shape index (κ1) is 21.2. The molecule has 0 aliphatic carbocycles. The normalized spacial score (nSPS) is 11.2. The van der Waals surface area contributed by atoms with Gasteiger partial charge in [-0.2, -0.15) is 9.78 Å². The summed E-state index contributed by atoms with van der Waals surface area (Å²) in [4.78, 5) is 17.9. The van der Waals surface area contributed by atoms with E-state index in [0.717, 1.165) is 20.1 Å². The van der Waals surface area contributed by atoms with Gasteiger partial charge in [-0.1, -0.05) is 55.1 Å². The van der Waals surface area contributed by atoms with Crippen molar-refractivity contribution in [3.8, 4) is 17.1 Å².